The zero-order chi connectivity index (χ0) is 12.3. The highest BCUT2D eigenvalue weighted by Gasteiger charge is 2.02. The molecule has 0 unspecified atom stereocenters. The second kappa shape index (κ2) is 5.73. The number of halogens is 2. The first-order chi connectivity index (χ1) is 8.15. The largest absolute Gasteiger partial charge is 0.398 e. The molecule has 0 bridgehead atoms. The van der Waals surface area contributed by atoms with Crippen molar-refractivity contribution < 1.29 is 4.39 Å². The highest BCUT2D eigenvalue weighted by atomic mass is 127. The van der Waals surface area contributed by atoms with E-state index in [0.717, 1.165) is 10.6 Å². The molecule has 2 aromatic rings. The van der Waals surface area contributed by atoms with E-state index in [9.17, 15) is 4.39 Å². The molecule has 0 aliphatic rings. The number of rotatable bonds is 3. The Kier molecular flexibility index (Phi) is 4.28. The Labute approximate surface area is 118 Å². The Morgan fingerprint density at radius 3 is 2.53 bits per heavy atom. The molecule has 0 spiro atoms. The average molecular weight is 359 g/mol. The fourth-order valence-electron chi connectivity index (χ4n) is 1.37. The van der Waals surface area contributed by atoms with Crippen LogP contribution in [0.1, 0.15) is 5.56 Å². The van der Waals surface area contributed by atoms with E-state index >= 15 is 0 Å². The Morgan fingerprint density at radius 1 is 1.12 bits per heavy atom. The number of benzene rings is 2. The lowest BCUT2D eigenvalue weighted by molar-refractivity contribution is 0.624. The molecule has 0 atom stereocenters. The van der Waals surface area contributed by atoms with Gasteiger partial charge in [-0.1, -0.05) is 12.1 Å². The summed E-state index contributed by atoms with van der Waals surface area (Å²) in [5, 5.41) is 0. The second-order valence-electron chi connectivity index (χ2n) is 3.60. The highest BCUT2D eigenvalue weighted by molar-refractivity contribution is 14.1. The minimum Gasteiger partial charge on any atom is -0.398 e. The molecule has 0 radical (unpaired) electrons. The molecule has 0 heterocycles. The standard InChI is InChI=1S/C13H11FINS/c14-10-3-6-12(16)13(7-10)17-8-9-1-4-11(15)5-2-9/h1-7H,8,16H2. The minimum atomic E-state index is -0.246. The molecule has 2 N–H and O–H groups in total. The van der Waals surface area contributed by atoms with E-state index in [4.69, 9.17) is 5.73 Å². The first-order valence-corrected chi connectivity index (χ1v) is 7.14. The number of hydrogen-bond donors (Lipinski definition) is 1. The van der Waals surface area contributed by atoms with Crippen molar-refractivity contribution >= 4 is 40.0 Å². The van der Waals surface area contributed by atoms with Crippen molar-refractivity contribution in [1.82, 2.24) is 0 Å². The van der Waals surface area contributed by atoms with Crippen LogP contribution in [0.15, 0.2) is 47.4 Å². The smallest absolute Gasteiger partial charge is 0.124 e. The van der Waals surface area contributed by atoms with Crippen molar-refractivity contribution in [2.24, 2.45) is 0 Å². The molecule has 88 valence electrons. The van der Waals surface area contributed by atoms with Crippen LogP contribution in [-0.2, 0) is 5.75 Å². The van der Waals surface area contributed by atoms with Crippen LogP contribution >= 0.6 is 34.4 Å². The lowest BCUT2D eigenvalue weighted by Crippen LogP contribution is -1.90. The molecule has 1 nitrogen and oxygen atoms in total. The summed E-state index contributed by atoms with van der Waals surface area (Å²) < 4.78 is 14.3. The van der Waals surface area contributed by atoms with Gasteiger partial charge in [0.2, 0.25) is 0 Å². The monoisotopic (exact) mass is 359 g/mol. The van der Waals surface area contributed by atoms with Crippen LogP contribution < -0.4 is 5.73 Å². The van der Waals surface area contributed by atoms with Crippen molar-refractivity contribution in [3.63, 3.8) is 0 Å². The van der Waals surface area contributed by atoms with Gasteiger partial charge in [-0.05, 0) is 58.5 Å². The first kappa shape index (κ1) is 12.7. The van der Waals surface area contributed by atoms with Gasteiger partial charge in [-0.25, -0.2) is 4.39 Å². The van der Waals surface area contributed by atoms with Gasteiger partial charge in [0.25, 0.3) is 0 Å². The van der Waals surface area contributed by atoms with Crippen LogP contribution in [0.4, 0.5) is 10.1 Å². The lowest BCUT2D eigenvalue weighted by Gasteiger charge is -2.05. The van der Waals surface area contributed by atoms with Crippen LogP contribution in [0.2, 0.25) is 0 Å². The van der Waals surface area contributed by atoms with Gasteiger partial charge in [-0.3, -0.25) is 0 Å². The molecule has 0 aliphatic carbocycles. The van der Waals surface area contributed by atoms with Gasteiger partial charge < -0.3 is 5.73 Å². The SMILES string of the molecule is Nc1ccc(F)cc1SCc1ccc(I)cc1. The Balaban J connectivity index is 2.07. The van der Waals surface area contributed by atoms with E-state index in [0.29, 0.717) is 5.69 Å². The Bertz CT molecular complexity index is 513. The third-order valence-corrected chi connectivity index (χ3v) is 4.14. The lowest BCUT2D eigenvalue weighted by atomic mass is 10.2. The maximum Gasteiger partial charge on any atom is 0.124 e. The molecule has 4 heteroatoms. The molecule has 0 fully saturated rings. The van der Waals surface area contributed by atoms with Gasteiger partial charge in [0.15, 0.2) is 0 Å². The zero-order valence-corrected chi connectivity index (χ0v) is 12.0. The first-order valence-electron chi connectivity index (χ1n) is 5.07. The summed E-state index contributed by atoms with van der Waals surface area (Å²) >= 11 is 3.82. The molecular formula is C13H11FINS. The summed E-state index contributed by atoms with van der Waals surface area (Å²) in [6.45, 7) is 0. The van der Waals surface area contributed by atoms with E-state index in [1.165, 1.54) is 21.3 Å². The fourth-order valence-corrected chi connectivity index (χ4v) is 2.68. The average Bonchev–Trinajstić information content (AvgIpc) is 2.32. The maximum atomic E-state index is 13.1. The Hall–Kier alpha value is -0.750. The molecule has 0 saturated carbocycles. The summed E-state index contributed by atoms with van der Waals surface area (Å²) in [5.41, 5.74) is 7.62. The summed E-state index contributed by atoms with van der Waals surface area (Å²) in [6, 6.07) is 12.7. The van der Waals surface area contributed by atoms with Crippen molar-refractivity contribution in [1.29, 1.82) is 0 Å². The second-order valence-corrected chi connectivity index (χ2v) is 5.86. The maximum absolute atomic E-state index is 13.1. The predicted molar refractivity (Wildman–Crippen MR) is 79.5 cm³/mol. The van der Waals surface area contributed by atoms with Crippen LogP contribution in [0.3, 0.4) is 0 Å². The van der Waals surface area contributed by atoms with Gasteiger partial charge in [-0.2, -0.15) is 0 Å². The van der Waals surface area contributed by atoms with E-state index in [2.05, 4.69) is 46.9 Å². The van der Waals surface area contributed by atoms with Gasteiger partial charge in [-0.15, -0.1) is 11.8 Å². The third kappa shape index (κ3) is 3.61. The molecule has 2 aromatic carbocycles. The van der Waals surface area contributed by atoms with Crippen LogP contribution in [0.5, 0.6) is 0 Å². The number of hydrogen-bond acceptors (Lipinski definition) is 2. The summed E-state index contributed by atoms with van der Waals surface area (Å²) in [7, 11) is 0. The molecular weight excluding hydrogens is 348 g/mol. The van der Waals surface area contributed by atoms with Crippen molar-refractivity contribution in [3.05, 3.63) is 57.4 Å². The van der Waals surface area contributed by atoms with Crippen LogP contribution in [0.25, 0.3) is 0 Å². The van der Waals surface area contributed by atoms with Crippen LogP contribution in [-0.4, -0.2) is 0 Å². The molecule has 0 amide bonds. The molecule has 0 aliphatic heterocycles. The van der Waals surface area contributed by atoms with Crippen molar-refractivity contribution in [3.8, 4) is 0 Å². The van der Waals surface area contributed by atoms with E-state index in [1.54, 1.807) is 17.8 Å². The van der Waals surface area contributed by atoms with Crippen molar-refractivity contribution in [2.75, 3.05) is 5.73 Å². The number of thioether (sulfide) groups is 1. The Morgan fingerprint density at radius 2 is 1.82 bits per heavy atom. The fraction of sp³-hybridized carbons (Fsp3) is 0.0769. The van der Waals surface area contributed by atoms with Gasteiger partial charge >= 0.3 is 0 Å². The predicted octanol–water partition coefficient (Wildman–Crippen LogP) is 4.30. The minimum absolute atomic E-state index is 0.246. The van der Waals surface area contributed by atoms with E-state index < -0.39 is 0 Å². The van der Waals surface area contributed by atoms with Crippen molar-refractivity contribution in [2.45, 2.75) is 10.6 Å². The van der Waals surface area contributed by atoms with E-state index in [-0.39, 0.29) is 5.82 Å². The van der Waals surface area contributed by atoms with Crippen LogP contribution in [0, 0.1) is 9.39 Å². The quantitative estimate of drug-likeness (QED) is 0.502. The summed E-state index contributed by atoms with van der Waals surface area (Å²) in [6.07, 6.45) is 0. The van der Waals surface area contributed by atoms with Gasteiger partial charge in [0, 0.05) is 19.9 Å². The molecule has 17 heavy (non-hydrogen) atoms. The number of anilines is 1. The number of nitrogens with two attached hydrogens (primary N) is 1. The summed E-state index contributed by atoms with van der Waals surface area (Å²) in [5.74, 6) is 0.550. The summed E-state index contributed by atoms with van der Waals surface area (Å²) in [4.78, 5) is 0.795. The van der Waals surface area contributed by atoms with E-state index in [1.807, 2.05) is 0 Å². The molecule has 2 rings (SSSR count). The topological polar surface area (TPSA) is 26.0 Å². The van der Waals surface area contributed by atoms with Gasteiger partial charge in [0.05, 0.1) is 0 Å². The van der Waals surface area contributed by atoms with Gasteiger partial charge in [0.1, 0.15) is 5.82 Å². The molecule has 0 aromatic heterocycles. The normalized spacial score (nSPS) is 10.5. The number of nitrogen functional groups attached to an aromatic ring is 1. The molecule has 0 saturated heterocycles. The zero-order valence-electron chi connectivity index (χ0n) is 8.99. The highest BCUT2D eigenvalue weighted by Crippen LogP contribution is 2.28. The third-order valence-electron chi connectivity index (χ3n) is 2.28.